The second kappa shape index (κ2) is 8.43. The predicted octanol–water partition coefficient (Wildman–Crippen LogP) is 4.27. The Morgan fingerprint density at radius 2 is 1.52 bits per heavy atom. The molecule has 0 saturated carbocycles. The first-order chi connectivity index (χ1) is 12.3. The first-order valence-electron chi connectivity index (χ1n) is 8.82. The Labute approximate surface area is 149 Å². The zero-order chi connectivity index (χ0) is 17.5. The van der Waals surface area contributed by atoms with Gasteiger partial charge in [-0.15, -0.1) is 0 Å². The fourth-order valence-electron chi connectivity index (χ4n) is 3.62. The minimum atomic E-state index is -0.284. The van der Waals surface area contributed by atoms with E-state index in [0.29, 0.717) is 11.8 Å². The zero-order valence-corrected chi connectivity index (χ0v) is 14.4. The van der Waals surface area contributed by atoms with Crippen LogP contribution in [-0.4, -0.2) is 30.2 Å². The van der Waals surface area contributed by atoms with Gasteiger partial charge in [-0.1, -0.05) is 67.2 Å². The molecule has 1 amide bonds. The first kappa shape index (κ1) is 17.2. The number of aliphatic imine (C=N–C) groups is 1. The molecule has 1 aliphatic rings. The summed E-state index contributed by atoms with van der Waals surface area (Å²) < 4.78 is 0. The largest absolute Gasteiger partial charge is 0.362 e. The molecule has 0 atom stereocenters. The number of hydrogen-bond acceptors (Lipinski definition) is 1. The van der Waals surface area contributed by atoms with Gasteiger partial charge >= 0.3 is 0 Å². The summed E-state index contributed by atoms with van der Waals surface area (Å²) in [6.07, 6.45) is 5.08. The fraction of sp³-hybridized carbons (Fsp3) is 0.273. The third kappa shape index (κ3) is 4.44. The molecule has 1 heterocycles. The molecule has 1 fully saturated rings. The molecule has 1 aliphatic heterocycles. The van der Waals surface area contributed by atoms with Crippen molar-refractivity contribution in [1.82, 2.24) is 4.90 Å². The van der Waals surface area contributed by atoms with Crippen LogP contribution in [0.25, 0.3) is 0 Å². The molecule has 2 aromatic carbocycles. The van der Waals surface area contributed by atoms with Gasteiger partial charge in [-0.05, 0) is 36.0 Å². The molecule has 0 N–H and O–H groups in total. The second-order valence-corrected chi connectivity index (χ2v) is 6.46. The Morgan fingerprint density at radius 1 is 1.00 bits per heavy atom. The molecule has 2 aromatic rings. The van der Waals surface area contributed by atoms with Crippen LogP contribution < -0.4 is 0 Å². The molecule has 0 spiro atoms. The standard InChI is InChI=1S/C22H24N2O/c1-2-21(25)23-17-24-15-13-20(14-16-24)22(18-9-5-3-6-10-18)19-11-7-4-8-12-19/h2-12,17,20,22H,1,13-16H2. The molecule has 3 rings (SSSR count). The van der Waals surface area contributed by atoms with E-state index in [1.807, 2.05) is 0 Å². The van der Waals surface area contributed by atoms with Crippen LogP contribution in [0.3, 0.4) is 0 Å². The lowest BCUT2D eigenvalue weighted by Crippen LogP contribution is -2.35. The van der Waals surface area contributed by atoms with Gasteiger partial charge in [0.05, 0.1) is 6.34 Å². The highest BCUT2D eigenvalue weighted by Gasteiger charge is 2.28. The van der Waals surface area contributed by atoms with E-state index in [2.05, 4.69) is 77.1 Å². The van der Waals surface area contributed by atoms with Crippen molar-refractivity contribution in [3.05, 3.63) is 84.4 Å². The lowest BCUT2D eigenvalue weighted by molar-refractivity contribution is -0.113. The summed E-state index contributed by atoms with van der Waals surface area (Å²) in [5.74, 6) is 0.717. The molecule has 25 heavy (non-hydrogen) atoms. The highest BCUT2D eigenvalue weighted by molar-refractivity contribution is 5.92. The maximum atomic E-state index is 11.3. The van der Waals surface area contributed by atoms with Crippen molar-refractivity contribution >= 4 is 12.2 Å². The van der Waals surface area contributed by atoms with Gasteiger partial charge < -0.3 is 4.90 Å². The van der Waals surface area contributed by atoms with Crippen molar-refractivity contribution in [2.75, 3.05) is 13.1 Å². The van der Waals surface area contributed by atoms with Crippen LogP contribution in [0, 0.1) is 5.92 Å². The van der Waals surface area contributed by atoms with E-state index in [-0.39, 0.29) is 5.91 Å². The summed E-state index contributed by atoms with van der Waals surface area (Å²) >= 11 is 0. The monoisotopic (exact) mass is 332 g/mol. The predicted molar refractivity (Wildman–Crippen MR) is 103 cm³/mol. The van der Waals surface area contributed by atoms with Crippen molar-refractivity contribution in [1.29, 1.82) is 0 Å². The topological polar surface area (TPSA) is 32.7 Å². The maximum Gasteiger partial charge on any atom is 0.270 e. The van der Waals surface area contributed by atoms with Gasteiger partial charge in [-0.3, -0.25) is 4.79 Å². The normalized spacial score (nSPS) is 15.6. The van der Waals surface area contributed by atoms with Crippen LogP contribution in [0.1, 0.15) is 29.9 Å². The van der Waals surface area contributed by atoms with Crippen LogP contribution >= 0.6 is 0 Å². The number of likely N-dealkylation sites (tertiary alicyclic amines) is 1. The quantitative estimate of drug-likeness (QED) is 0.465. The van der Waals surface area contributed by atoms with Crippen LogP contribution in [0.2, 0.25) is 0 Å². The van der Waals surface area contributed by atoms with Crippen LogP contribution in [0.5, 0.6) is 0 Å². The molecule has 128 valence electrons. The molecule has 0 aromatic heterocycles. The highest BCUT2D eigenvalue weighted by atomic mass is 16.1. The number of nitrogens with zero attached hydrogens (tertiary/aromatic N) is 2. The number of hydrogen-bond donors (Lipinski definition) is 0. The number of carbonyl (C=O) groups is 1. The summed E-state index contributed by atoms with van der Waals surface area (Å²) in [5.41, 5.74) is 2.75. The Hall–Kier alpha value is -2.68. The average molecular weight is 332 g/mol. The van der Waals surface area contributed by atoms with Crippen LogP contribution in [0.15, 0.2) is 78.3 Å². The molecule has 0 aliphatic carbocycles. The zero-order valence-electron chi connectivity index (χ0n) is 14.4. The highest BCUT2D eigenvalue weighted by Crippen LogP contribution is 2.37. The molecule has 3 nitrogen and oxygen atoms in total. The lowest BCUT2D eigenvalue weighted by atomic mass is 9.76. The van der Waals surface area contributed by atoms with Gasteiger partial charge in [0.2, 0.25) is 0 Å². The van der Waals surface area contributed by atoms with Gasteiger partial charge in [-0.2, -0.15) is 0 Å². The summed E-state index contributed by atoms with van der Waals surface area (Å²) in [6, 6.07) is 21.5. The summed E-state index contributed by atoms with van der Waals surface area (Å²) in [4.78, 5) is 17.3. The number of amides is 1. The number of piperidine rings is 1. The van der Waals surface area contributed by atoms with Gasteiger partial charge in [-0.25, -0.2) is 4.99 Å². The SMILES string of the molecule is C=CC(=O)N=CN1CCC(C(c2ccccc2)c2ccccc2)CC1. The van der Waals surface area contributed by atoms with Crippen LogP contribution in [0.4, 0.5) is 0 Å². The Balaban J connectivity index is 1.74. The number of rotatable bonds is 5. The van der Waals surface area contributed by atoms with E-state index < -0.39 is 0 Å². The van der Waals surface area contributed by atoms with Gasteiger partial charge in [0.25, 0.3) is 5.91 Å². The third-order valence-corrected chi connectivity index (χ3v) is 4.89. The van der Waals surface area contributed by atoms with Gasteiger partial charge in [0.1, 0.15) is 0 Å². The maximum absolute atomic E-state index is 11.3. The molecular formula is C22H24N2O. The molecule has 3 heteroatoms. The van der Waals surface area contributed by atoms with Gasteiger partial charge in [0, 0.05) is 19.0 Å². The fourth-order valence-corrected chi connectivity index (χ4v) is 3.62. The summed E-state index contributed by atoms with van der Waals surface area (Å²) in [7, 11) is 0. The van der Waals surface area contributed by atoms with Crippen molar-refractivity contribution in [2.24, 2.45) is 10.9 Å². The van der Waals surface area contributed by atoms with E-state index in [9.17, 15) is 4.79 Å². The van der Waals surface area contributed by atoms with Gasteiger partial charge in [0.15, 0.2) is 0 Å². The molecule has 0 unspecified atom stereocenters. The Kier molecular flexibility index (Phi) is 5.78. The van der Waals surface area contributed by atoms with E-state index in [1.54, 1.807) is 6.34 Å². The average Bonchev–Trinajstić information content (AvgIpc) is 2.69. The van der Waals surface area contributed by atoms with Crippen molar-refractivity contribution in [2.45, 2.75) is 18.8 Å². The van der Waals surface area contributed by atoms with E-state index >= 15 is 0 Å². The van der Waals surface area contributed by atoms with E-state index in [0.717, 1.165) is 25.9 Å². The number of carbonyl (C=O) groups excluding carboxylic acids is 1. The first-order valence-corrected chi connectivity index (χ1v) is 8.82. The Morgan fingerprint density at radius 3 is 2.00 bits per heavy atom. The van der Waals surface area contributed by atoms with Crippen LogP contribution in [-0.2, 0) is 4.79 Å². The second-order valence-electron chi connectivity index (χ2n) is 6.46. The van der Waals surface area contributed by atoms with Crippen molar-refractivity contribution < 1.29 is 4.79 Å². The smallest absolute Gasteiger partial charge is 0.270 e. The summed E-state index contributed by atoms with van der Waals surface area (Å²) in [5, 5.41) is 0. The summed E-state index contributed by atoms with van der Waals surface area (Å²) in [6.45, 7) is 5.30. The van der Waals surface area contributed by atoms with E-state index in [1.165, 1.54) is 17.2 Å². The van der Waals surface area contributed by atoms with Crippen molar-refractivity contribution in [3.63, 3.8) is 0 Å². The number of benzene rings is 2. The Bertz CT molecular complexity index is 677. The molecule has 0 bridgehead atoms. The molecule has 1 saturated heterocycles. The minimum Gasteiger partial charge on any atom is -0.362 e. The molecular weight excluding hydrogens is 308 g/mol. The lowest BCUT2D eigenvalue weighted by Gasteiger charge is -2.35. The van der Waals surface area contributed by atoms with E-state index in [4.69, 9.17) is 0 Å². The minimum absolute atomic E-state index is 0.284. The van der Waals surface area contributed by atoms with Crippen molar-refractivity contribution in [3.8, 4) is 0 Å². The molecule has 0 radical (unpaired) electrons. The third-order valence-electron chi connectivity index (χ3n) is 4.89.